The van der Waals surface area contributed by atoms with Gasteiger partial charge in [-0.2, -0.15) is 0 Å². The minimum Gasteiger partial charge on any atom is -0.244 e. The van der Waals surface area contributed by atoms with E-state index in [0.29, 0.717) is 10.4 Å². The standard InChI is InChI=1S/C12H11BrFNS/c1-7(2)11-6-15-12(16-11)8-3-4-10(14)9(13)5-8/h3-7H,1-2H3. The number of aromatic nitrogens is 1. The molecular weight excluding hydrogens is 289 g/mol. The lowest BCUT2D eigenvalue weighted by molar-refractivity contribution is 0.621. The quantitative estimate of drug-likeness (QED) is 0.773. The lowest BCUT2D eigenvalue weighted by atomic mass is 10.2. The third-order valence-electron chi connectivity index (χ3n) is 2.26. The van der Waals surface area contributed by atoms with E-state index in [1.165, 1.54) is 10.9 Å². The average Bonchev–Trinajstić information content (AvgIpc) is 2.71. The second-order valence-electron chi connectivity index (χ2n) is 3.85. The Kier molecular flexibility index (Phi) is 3.40. The Morgan fingerprint density at radius 3 is 2.69 bits per heavy atom. The maximum Gasteiger partial charge on any atom is 0.137 e. The number of thiazole rings is 1. The summed E-state index contributed by atoms with van der Waals surface area (Å²) in [5, 5.41) is 0.935. The summed E-state index contributed by atoms with van der Waals surface area (Å²) in [4.78, 5) is 5.60. The van der Waals surface area contributed by atoms with Crippen LogP contribution in [0.1, 0.15) is 24.6 Å². The van der Waals surface area contributed by atoms with Crippen molar-refractivity contribution in [3.8, 4) is 10.6 Å². The van der Waals surface area contributed by atoms with E-state index in [9.17, 15) is 4.39 Å². The minimum absolute atomic E-state index is 0.246. The summed E-state index contributed by atoms with van der Waals surface area (Å²) in [6.45, 7) is 4.27. The molecule has 0 atom stereocenters. The van der Waals surface area contributed by atoms with Gasteiger partial charge in [0.1, 0.15) is 10.8 Å². The van der Waals surface area contributed by atoms with Crippen LogP contribution in [0, 0.1) is 5.82 Å². The SMILES string of the molecule is CC(C)c1cnc(-c2ccc(F)c(Br)c2)s1. The van der Waals surface area contributed by atoms with Crippen molar-refractivity contribution in [3.05, 3.63) is 39.6 Å². The lowest BCUT2D eigenvalue weighted by Crippen LogP contribution is -1.79. The van der Waals surface area contributed by atoms with Crippen LogP contribution < -0.4 is 0 Å². The van der Waals surface area contributed by atoms with Gasteiger partial charge in [0.2, 0.25) is 0 Å². The van der Waals surface area contributed by atoms with E-state index < -0.39 is 0 Å². The Balaban J connectivity index is 2.39. The number of rotatable bonds is 2. The largest absolute Gasteiger partial charge is 0.244 e. The maximum absolute atomic E-state index is 13.1. The molecule has 84 valence electrons. The predicted octanol–water partition coefficient (Wildman–Crippen LogP) is 4.84. The fraction of sp³-hybridized carbons (Fsp3) is 0.250. The van der Waals surface area contributed by atoms with Crippen molar-refractivity contribution in [2.24, 2.45) is 0 Å². The van der Waals surface area contributed by atoms with Gasteiger partial charge in [-0.3, -0.25) is 0 Å². The molecular formula is C12H11BrFNS. The van der Waals surface area contributed by atoms with Crippen molar-refractivity contribution in [2.45, 2.75) is 19.8 Å². The van der Waals surface area contributed by atoms with Gasteiger partial charge in [-0.1, -0.05) is 13.8 Å². The van der Waals surface area contributed by atoms with E-state index in [1.54, 1.807) is 23.5 Å². The average molecular weight is 300 g/mol. The minimum atomic E-state index is -0.246. The van der Waals surface area contributed by atoms with Crippen molar-refractivity contribution in [2.75, 3.05) is 0 Å². The summed E-state index contributed by atoms with van der Waals surface area (Å²) in [5.41, 5.74) is 0.949. The fourth-order valence-electron chi connectivity index (χ4n) is 1.32. The van der Waals surface area contributed by atoms with Crippen LogP contribution in [-0.2, 0) is 0 Å². The number of halogens is 2. The second kappa shape index (κ2) is 4.63. The topological polar surface area (TPSA) is 12.9 Å². The zero-order valence-electron chi connectivity index (χ0n) is 9.00. The van der Waals surface area contributed by atoms with E-state index in [2.05, 4.69) is 34.8 Å². The monoisotopic (exact) mass is 299 g/mol. The van der Waals surface area contributed by atoms with Gasteiger partial charge < -0.3 is 0 Å². The molecule has 0 aliphatic carbocycles. The summed E-state index contributed by atoms with van der Waals surface area (Å²) in [7, 11) is 0. The van der Waals surface area contributed by atoms with Crippen LogP contribution in [0.15, 0.2) is 28.9 Å². The Labute approximate surface area is 106 Å². The Hall–Kier alpha value is -0.740. The molecule has 2 rings (SSSR count). The van der Waals surface area contributed by atoms with Crippen LogP contribution in [0.2, 0.25) is 0 Å². The van der Waals surface area contributed by atoms with Gasteiger partial charge in [0.05, 0.1) is 4.47 Å². The number of hydrogen-bond acceptors (Lipinski definition) is 2. The van der Waals surface area contributed by atoms with Gasteiger partial charge in [-0.05, 0) is 40.0 Å². The molecule has 0 N–H and O–H groups in total. The molecule has 0 aliphatic rings. The summed E-state index contributed by atoms with van der Waals surface area (Å²) >= 11 is 4.84. The van der Waals surface area contributed by atoms with Gasteiger partial charge in [-0.25, -0.2) is 9.37 Å². The van der Waals surface area contributed by atoms with Crippen LogP contribution in [-0.4, -0.2) is 4.98 Å². The molecule has 0 unspecified atom stereocenters. The summed E-state index contributed by atoms with van der Waals surface area (Å²) < 4.78 is 13.6. The summed E-state index contributed by atoms with van der Waals surface area (Å²) in [6, 6.07) is 4.97. The van der Waals surface area contributed by atoms with Gasteiger partial charge in [-0.15, -0.1) is 11.3 Å². The smallest absolute Gasteiger partial charge is 0.137 e. The molecule has 2 aromatic rings. The van der Waals surface area contributed by atoms with Crippen molar-refractivity contribution >= 4 is 27.3 Å². The number of hydrogen-bond donors (Lipinski definition) is 0. The summed E-state index contributed by atoms with van der Waals surface area (Å²) in [6.07, 6.45) is 1.89. The van der Waals surface area contributed by atoms with Crippen molar-refractivity contribution in [1.82, 2.24) is 4.98 Å². The van der Waals surface area contributed by atoms with Gasteiger partial charge >= 0.3 is 0 Å². The van der Waals surface area contributed by atoms with E-state index in [4.69, 9.17) is 0 Å². The molecule has 0 bridgehead atoms. The van der Waals surface area contributed by atoms with Crippen LogP contribution in [0.5, 0.6) is 0 Å². The highest BCUT2D eigenvalue weighted by Crippen LogP contribution is 2.31. The van der Waals surface area contributed by atoms with Gasteiger partial charge in [0.25, 0.3) is 0 Å². The van der Waals surface area contributed by atoms with E-state index in [0.717, 1.165) is 10.6 Å². The predicted molar refractivity (Wildman–Crippen MR) is 69.3 cm³/mol. The molecule has 0 radical (unpaired) electrons. The summed E-state index contributed by atoms with van der Waals surface area (Å²) in [5.74, 6) is 0.236. The first-order chi connectivity index (χ1) is 7.58. The highest BCUT2D eigenvalue weighted by atomic mass is 79.9. The third-order valence-corrected chi connectivity index (χ3v) is 4.21. The van der Waals surface area contributed by atoms with E-state index in [-0.39, 0.29) is 5.82 Å². The van der Waals surface area contributed by atoms with E-state index in [1.807, 2.05) is 6.20 Å². The molecule has 0 spiro atoms. The Morgan fingerprint density at radius 1 is 1.38 bits per heavy atom. The normalized spacial score (nSPS) is 11.1. The van der Waals surface area contributed by atoms with Crippen LogP contribution in [0.25, 0.3) is 10.6 Å². The molecule has 1 heterocycles. The number of benzene rings is 1. The Bertz CT molecular complexity index is 507. The molecule has 1 aromatic carbocycles. The molecule has 1 aromatic heterocycles. The van der Waals surface area contributed by atoms with Crippen LogP contribution in [0.4, 0.5) is 4.39 Å². The first-order valence-electron chi connectivity index (χ1n) is 4.99. The highest BCUT2D eigenvalue weighted by molar-refractivity contribution is 9.10. The molecule has 0 amide bonds. The maximum atomic E-state index is 13.1. The third kappa shape index (κ3) is 2.33. The highest BCUT2D eigenvalue weighted by Gasteiger charge is 2.09. The molecule has 0 aliphatic heterocycles. The van der Waals surface area contributed by atoms with Crippen molar-refractivity contribution in [3.63, 3.8) is 0 Å². The Morgan fingerprint density at radius 2 is 2.12 bits per heavy atom. The molecule has 16 heavy (non-hydrogen) atoms. The first-order valence-corrected chi connectivity index (χ1v) is 6.60. The fourth-order valence-corrected chi connectivity index (χ4v) is 2.61. The van der Waals surface area contributed by atoms with Crippen molar-refractivity contribution in [1.29, 1.82) is 0 Å². The second-order valence-corrected chi connectivity index (χ2v) is 5.77. The first kappa shape index (κ1) is 11.7. The molecule has 0 saturated carbocycles. The van der Waals surface area contributed by atoms with Gasteiger partial charge in [0.15, 0.2) is 0 Å². The zero-order chi connectivity index (χ0) is 11.7. The van der Waals surface area contributed by atoms with Gasteiger partial charge in [0, 0.05) is 16.6 Å². The van der Waals surface area contributed by atoms with Crippen LogP contribution in [0.3, 0.4) is 0 Å². The molecule has 0 saturated heterocycles. The number of nitrogens with zero attached hydrogens (tertiary/aromatic N) is 1. The molecule has 0 fully saturated rings. The zero-order valence-corrected chi connectivity index (χ0v) is 11.4. The molecule has 4 heteroatoms. The lowest BCUT2D eigenvalue weighted by Gasteiger charge is -1.99. The van der Waals surface area contributed by atoms with Crippen LogP contribution >= 0.6 is 27.3 Å². The van der Waals surface area contributed by atoms with Crippen molar-refractivity contribution < 1.29 is 4.39 Å². The van der Waals surface area contributed by atoms with E-state index >= 15 is 0 Å². The molecule has 1 nitrogen and oxygen atoms in total.